The Morgan fingerprint density at radius 1 is 1.12 bits per heavy atom. The lowest BCUT2D eigenvalue weighted by molar-refractivity contribution is 0.100. The second-order valence-electron chi connectivity index (χ2n) is 4.40. The van der Waals surface area contributed by atoms with Gasteiger partial charge >= 0.3 is 0 Å². The van der Waals surface area contributed by atoms with Crippen LogP contribution in [0.3, 0.4) is 0 Å². The molecular weight excluding hydrogens is 200 g/mol. The van der Waals surface area contributed by atoms with Gasteiger partial charge in [-0.05, 0) is 43.6 Å². The van der Waals surface area contributed by atoms with E-state index < -0.39 is 0 Å². The molecule has 0 aromatic heterocycles. The Balaban J connectivity index is 1.96. The molecular formula is C13H18N2O. The third-order valence-corrected chi connectivity index (χ3v) is 3.09. The van der Waals surface area contributed by atoms with Crippen molar-refractivity contribution >= 4 is 5.91 Å². The molecule has 86 valence electrons. The summed E-state index contributed by atoms with van der Waals surface area (Å²) in [7, 11) is 0. The molecule has 3 heteroatoms. The summed E-state index contributed by atoms with van der Waals surface area (Å²) >= 11 is 0. The van der Waals surface area contributed by atoms with Gasteiger partial charge in [0, 0.05) is 12.1 Å². The Morgan fingerprint density at radius 2 is 1.75 bits per heavy atom. The van der Waals surface area contributed by atoms with Gasteiger partial charge < -0.3 is 5.73 Å². The monoisotopic (exact) mass is 218 g/mol. The molecule has 0 saturated carbocycles. The van der Waals surface area contributed by atoms with Crippen LogP contribution in [0.15, 0.2) is 24.3 Å². The molecule has 0 unspecified atom stereocenters. The number of amides is 1. The van der Waals surface area contributed by atoms with Crippen LogP contribution in [-0.4, -0.2) is 23.9 Å². The maximum Gasteiger partial charge on any atom is 0.248 e. The summed E-state index contributed by atoms with van der Waals surface area (Å²) in [6, 6.07) is 7.60. The average Bonchev–Trinajstić information content (AvgIpc) is 2.31. The van der Waals surface area contributed by atoms with E-state index in [1.807, 2.05) is 24.3 Å². The lowest BCUT2D eigenvalue weighted by atomic mass is 10.1. The Morgan fingerprint density at radius 3 is 2.31 bits per heavy atom. The average molecular weight is 218 g/mol. The predicted octanol–water partition coefficient (Wildman–Crippen LogP) is 1.77. The molecule has 3 nitrogen and oxygen atoms in total. The van der Waals surface area contributed by atoms with Crippen LogP contribution in [0.5, 0.6) is 0 Å². The van der Waals surface area contributed by atoms with Gasteiger partial charge in [0.15, 0.2) is 0 Å². The number of carbonyl (C=O) groups excluding carboxylic acids is 1. The minimum atomic E-state index is -0.357. The molecule has 0 radical (unpaired) electrons. The van der Waals surface area contributed by atoms with Crippen molar-refractivity contribution in [3.8, 4) is 0 Å². The fourth-order valence-electron chi connectivity index (χ4n) is 2.15. The molecule has 0 aliphatic carbocycles. The summed E-state index contributed by atoms with van der Waals surface area (Å²) in [5.74, 6) is -0.357. The molecule has 1 aliphatic rings. The number of hydrogen-bond donors (Lipinski definition) is 1. The molecule has 2 N–H and O–H groups in total. The lowest BCUT2D eigenvalue weighted by Gasteiger charge is -2.26. The molecule has 1 heterocycles. The van der Waals surface area contributed by atoms with Crippen LogP contribution >= 0.6 is 0 Å². The van der Waals surface area contributed by atoms with Gasteiger partial charge in [-0.2, -0.15) is 0 Å². The van der Waals surface area contributed by atoms with Crippen molar-refractivity contribution in [1.82, 2.24) is 4.90 Å². The van der Waals surface area contributed by atoms with Gasteiger partial charge in [0.05, 0.1) is 0 Å². The molecule has 1 aromatic carbocycles. The zero-order chi connectivity index (χ0) is 11.4. The molecule has 16 heavy (non-hydrogen) atoms. The number of carbonyl (C=O) groups is 1. The largest absolute Gasteiger partial charge is 0.366 e. The summed E-state index contributed by atoms with van der Waals surface area (Å²) in [6.45, 7) is 3.37. The van der Waals surface area contributed by atoms with Crippen LogP contribution in [0.2, 0.25) is 0 Å². The maximum absolute atomic E-state index is 10.9. The van der Waals surface area contributed by atoms with Crippen LogP contribution in [0, 0.1) is 0 Å². The predicted molar refractivity (Wildman–Crippen MR) is 64.1 cm³/mol. The number of piperidine rings is 1. The minimum absolute atomic E-state index is 0.357. The van der Waals surface area contributed by atoms with Gasteiger partial charge in [-0.3, -0.25) is 9.69 Å². The highest BCUT2D eigenvalue weighted by molar-refractivity contribution is 5.92. The van der Waals surface area contributed by atoms with Gasteiger partial charge in [0.1, 0.15) is 0 Å². The highest BCUT2D eigenvalue weighted by Crippen LogP contribution is 2.13. The first kappa shape index (κ1) is 11.1. The first-order valence-electron chi connectivity index (χ1n) is 5.87. The summed E-state index contributed by atoms with van der Waals surface area (Å²) in [4.78, 5) is 13.4. The second-order valence-corrected chi connectivity index (χ2v) is 4.40. The molecule has 1 saturated heterocycles. The Bertz CT molecular complexity index is 353. The topological polar surface area (TPSA) is 46.3 Å². The minimum Gasteiger partial charge on any atom is -0.366 e. The van der Waals surface area contributed by atoms with Crippen molar-refractivity contribution in [3.63, 3.8) is 0 Å². The highest BCUT2D eigenvalue weighted by atomic mass is 16.1. The number of hydrogen-bond acceptors (Lipinski definition) is 2. The Kier molecular flexibility index (Phi) is 3.57. The molecule has 1 aliphatic heterocycles. The van der Waals surface area contributed by atoms with Gasteiger partial charge in [-0.25, -0.2) is 0 Å². The molecule has 0 spiro atoms. The third-order valence-electron chi connectivity index (χ3n) is 3.09. The summed E-state index contributed by atoms with van der Waals surface area (Å²) < 4.78 is 0. The molecule has 0 atom stereocenters. The van der Waals surface area contributed by atoms with Gasteiger partial charge in [0.2, 0.25) is 5.91 Å². The quantitative estimate of drug-likeness (QED) is 0.840. The second kappa shape index (κ2) is 5.12. The fourth-order valence-corrected chi connectivity index (χ4v) is 2.15. The van der Waals surface area contributed by atoms with Crippen molar-refractivity contribution in [1.29, 1.82) is 0 Å². The molecule has 1 aromatic rings. The van der Waals surface area contributed by atoms with E-state index in [-0.39, 0.29) is 5.91 Å². The molecule has 0 bridgehead atoms. The van der Waals surface area contributed by atoms with Gasteiger partial charge in [-0.1, -0.05) is 18.6 Å². The Hall–Kier alpha value is -1.35. The van der Waals surface area contributed by atoms with Gasteiger partial charge in [0.25, 0.3) is 0 Å². The van der Waals surface area contributed by atoms with Crippen LogP contribution in [-0.2, 0) is 6.54 Å². The van der Waals surface area contributed by atoms with E-state index in [0.29, 0.717) is 5.56 Å². The summed E-state index contributed by atoms with van der Waals surface area (Å²) in [5.41, 5.74) is 7.04. The Labute approximate surface area is 96.2 Å². The maximum atomic E-state index is 10.9. The van der Waals surface area contributed by atoms with Crippen LogP contribution < -0.4 is 5.73 Å². The normalized spacial score (nSPS) is 17.2. The van der Waals surface area contributed by atoms with Crippen LogP contribution in [0.25, 0.3) is 0 Å². The van der Waals surface area contributed by atoms with Gasteiger partial charge in [-0.15, -0.1) is 0 Å². The highest BCUT2D eigenvalue weighted by Gasteiger charge is 2.10. The van der Waals surface area contributed by atoms with E-state index in [0.717, 1.165) is 6.54 Å². The molecule has 1 amide bonds. The SMILES string of the molecule is NC(=O)c1ccc(CN2CCCCC2)cc1. The van der Waals surface area contributed by atoms with Crippen molar-refractivity contribution in [2.75, 3.05) is 13.1 Å². The lowest BCUT2D eigenvalue weighted by Crippen LogP contribution is -2.29. The third kappa shape index (κ3) is 2.83. The van der Waals surface area contributed by atoms with Crippen molar-refractivity contribution in [2.45, 2.75) is 25.8 Å². The zero-order valence-corrected chi connectivity index (χ0v) is 9.48. The number of nitrogens with zero attached hydrogens (tertiary/aromatic N) is 1. The summed E-state index contributed by atoms with van der Waals surface area (Å²) in [5, 5.41) is 0. The number of benzene rings is 1. The first-order valence-corrected chi connectivity index (χ1v) is 5.87. The first-order chi connectivity index (χ1) is 7.75. The van der Waals surface area contributed by atoms with Crippen LogP contribution in [0.4, 0.5) is 0 Å². The smallest absolute Gasteiger partial charge is 0.248 e. The molecule has 1 fully saturated rings. The van der Waals surface area contributed by atoms with E-state index in [2.05, 4.69) is 4.90 Å². The van der Waals surface area contributed by atoms with E-state index in [4.69, 9.17) is 5.73 Å². The number of likely N-dealkylation sites (tertiary alicyclic amines) is 1. The van der Waals surface area contributed by atoms with E-state index in [9.17, 15) is 4.79 Å². The summed E-state index contributed by atoms with van der Waals surface area (Å²) in [6.07, 6.45) is 3.97. The van der Waals surface area contributed by atoms with E-state index in [1.54, 1.807) is 0 Å². The zero-order valence-electron chi connectivity index (χ0n) is 9.48. The van der Waals surface area contributed by atoms with E-state index >= 15 is 0 Å². The van der Waals surface area contributed by atoms with Crippen LogP contribution in [0.1, 0.15) is 35.2 Å². The van der Waals surface area contributed by atoms with Crippen molar-refractivity contribution in [3.05, 3.63) is 35.4 Å². The number of primary amides is 1. The van der Waals surface area contributed by atoms with Crippen molar-refractivity contribution < 1.29 is 4.79 Å². The fraction of sp³-hybridized carbons (Fsp3) is 0.462. The standard InChI is InChI=1S/C13H18N2O/c14-13(16)12-6-4-11(5-7-12)10-15-8-2-1-3-9-15/h4-7H,1-3,8-10H2,(H2,14,16). The van der Waals surface area contributed by atoms with Crippen molar-refractivity contribution in [2.24, 2.45) is 5.73 Å². The molecule has 2 rings (SSSR count). The number of nitrogens with two attached hydrogens (primary N) is 1. The number of rotatable bonds is 3. The van der Waals surface area contributed by atoms with E-state index in [1.165, 1.54) is 37.9 Å².